The predicted octanol–water partition coefficient (Wildman–Crippen LogP) is 3.15. The van der Waals surface area contributed by atoms with Gasteiger partial charge in [0.2, 0.25) is 0 Å². The molecule has 122 valence electrons. The first-order valence-corrected chi connectivity index (χ1v) is 8.04. The number of nitrogens with one attached hydrogen (secondary N) is 3. The number of hydrazine groups is 1. The maximum atomic E-state index is 13.4. The van der Waals surface area contributed by atoms with E-state index in [0.29, 0.717) is 11.0 Å². The molecular weight excluding hydrogens is 301 g/mol. The van der Waals surface area contributed by atoms with Crippen molar-refractivity contribution in [2.45, 2.75) is 39.5 Å². The van der Waals surface area contributed by atoms with Gasteiger partial charge in [-0.15, -0.1) is 0 Å². The largest absolute Gasteiger partial charge is 0.361 e. The average molecular weight is 325 g/mol. The Morgan fingerprint density at radius 2 is 2.00 bits per heavy atom. The van der Waals surface area contributed by atoms with Gasteiger partial charge in [0, 0.05) is 6.54 Å². The summed E-state index contributed by atoms with van der Waals surface area (Å²) in [6, 6.07) is 5.79. The maximum absolute atomic E-state index is 13.4. The van der Waals surface area contributed by atoms with E-state index in [1.807, 2.05) is 0 Å². The molecule has 0 aromatic heterocycles. The number of hydrogen-bond acceptors (Lipinski definition) is 2. The quantitative estimate of drug-likeness (QED) is 0.409. The summed E-state index contributed by atoms with van der Waals surface area (Å²) in [5.74, 6) is -0.614. The number of benzene rings is 1. The van der Waals surface area contributed by atoms with Crippen LogP contribution in [0.2, 0.25) is 0 Å². The monoisotopic (exact) mass is 325 g/mol. The van der Waals surface area contributed by atoms with Crippen molar-refractivity contribution in [2.24, 2.45) is 5.92 Å². The third-order valence-electron chi connectivity index (χ3n) is 3.32. The fraction of sp³-hybridized carbons (Fsp3) is 0.500. The van der Waals surface area contributed by atoms with Crippen molar-refractivity contribution >= 4 is 23.2 Å². The Balaban J connectivity index is 2.26. The second kappa shape index (κ2) is 10.1. The van der Waals surface area contributed by atoms with Gasteiger partial charge in [-0.25, -0.2) is 4.39 Å². The SMILES string of the molecule is CCCCC[C@@H](C)CNC(=S)NNC(=O)c1ccccc1F. The van der Waals surface area contributed by atoms with Gasteiger partial charge in [0.05, 0.1) is 5.56 Å². The van der Waals surface area contributed by atoms with E-state index >= 15 is 0 Å². The smallest absolute Gasteiger partial charge is 0.272 e. The molecule has 0 fully saturated rings. The highest BCUT2D eigenvalue weighted by Gasteiger charge is 2.10. The highest BCUT2D eigenvalue weighted by atomic mass is 32.1. The lowest BCUT2D eigenvalue weighted by molar-refractivity contribution is 0.0939. The molecule has 1 aromatic carbocycles. The standard InChI is InChI=1S/C16H24FN3OS/c1-3-4-5-8-12(2)11-18-16(22)20-19-15(21)13-9-6-7-10-14(13)17/h6-7,9-10,12H,3-5,8,11H2,1-2H3,(H,19,21)(H2,18,20,22)/t12-/m1/s1. The number of carbonyl (C=O) groups excluding carboxylic acids is 1. The van der Waals surface area contributed by atoms with Crippen molar-refractivity contribution in [1.82, 2.24) is 16.2 Å². The number of rotatable bonds is 7. The summed E-state index contributed by atoms with van der Waals surface area (Å²) < 4.78 is 13.4. The van der Waals surface area contributed by atoms with Crippen molar-refractivity contribution in [3.8, 4) is 0 Å². The summed E-state index contributed by atoms with van der Waals surface area (Å²) in [5.41, 5.74) is 4.95. The van der Waals surface area contributed by atoms with Gasteiger partial charge >= 0.3 is 0 Å². The van der Waals surface area contributed by atoms with Gasteiger partial charge in [0.25, 0.3) is 5.91 Å². The number of unbranched alkanes of at least 4 members (excludes halogenated alkanes) is 2. The van der Waals surface area contributed by atoms with Crippen LogP contribution in [0.1, 0.15) is 49.9 Å². The molecule has 6 heteroatoms. The fourth-order valence-electron chi connectivity index (χ4n) is 1.98. The molecular formula is C16H24FN3OS. The number of amides is 1. The summed E-state index contributed by atoms with van der Waals surface area (Å²) >= 11 is 5.08. The molecule has 0 saturated carbocycles. The van der Waals surface area contributed by atoms with Gasteiger partial charge in [-0.2, -0.15) is 0 Å². The van der Waals surface area contributed by atoms with Crippen molar-refractivity contribution in [3.05, 3.63) is 35.6 Å². The van der Waals surface area contributed by atoms with Crippen LogP contribution in [0.3, 0.4) is 0 Å². The average Bonchev–Trinajstić information content (AvgIpc) is 2.51. The molecule has 0 unspecified atom stereocenters. The van der Waals surface area contributed by atoms with E-state index in [4.69, 9.17) is 12.2 Å². The topological polar surface area (TPSA) is 53.2 Å². The molecule has 4 nitrogen and oxygen atoms in total. The van der Waals surface area contributed by atoms with E-state index < -0.39 is 11.7 Å². The van der Waals surface area contributed by atoms with Crippen LogP contribution in [-0.4, -0.2) is 17.6 Å². The van der Waals surface area contributed by atoms with Crippen LogP contribution >= 0.6 is 12.2 Å². The lowest BCUT2D eigenvalue weighted by atomic mass is 10.0. The second-order valence-corrected chi connectivity index (χ2v) is 5.78. The molecule has 0 aliphatic heterocycles. The highest BCUT2D eigenvalue weighted by Crippen LogP contribution is 2.08. The molecule has 0 radical (unpaired) electrons. The lowest BCUT2D eigenvalue weighted by Crippen LogP contribution is -2.47. The van der Waals surface area contributed by atoms with Gasteiger partial charge in [0.15, 0.2) is 5.11 Å². The van der Waals surface area contributed by atoms with Crippen LogP contribution in [0.25, 0.3) is 0 Å². The van der Waals surface area contributed by atoms with Crippen LogP contribution in [-0.2, 0) is 0 Å². The van der Waals surface area contributed by atoms with Crippen molar-refractivity contribution in [2.75, 3.05) is 6.54 Å². The van der Waals surface area contributed by atoms with E-state index in [9.17, 15) is 9.18 Å². The first kappa shape index (κ1) is 18.4. The third kappa shape index (κ3) is 6.85. The van der Waals surface area contributed by atoms with E-state index in [1.165, 1.54) is 37.5 Å². The highest BCUT2D eigenvalue weighted by molar-refractivity contribution is 7.80. The summed E-state index contributed by atoms with van der Waals surface area (Å²) in [4.78, 5) is 11.8. The molecule has 22 heavy (non-hydrogen) atoms. The first-order valence-electron chi connectivity index (χ1n) is 7.63. The summed E-state index contributed by atoms with van der Waals surface area (Å²) in [5, 5.41) is 3.37. The van der Waals surface area contributed by atoms with Gasteiger partial charge in [0.1, 0.15) is 5.82 Å². The van der Waals surface area contributed by atoms with E-state index in [2.05, 4.69) is 30.0 Å². The van der Waals surface area contributed by atoms with E-state index in [1.54, 1.807) is 6.07 Å². The van der Waals surface area contributed by atoms with Gasteiger partial charge in [-0.3, -0.25) is 15.6 Å². The van der Waals surface area contributed by atoms with Gasteiger partial charge in [-0.1, -0.05) is 45.2 Å². The number of halogens is 1. The van der Waals surface area contributed by atoms with Gasteiger partial charge in [-0.05, 0) is 36.7 Å². The minimum Gasteiger partial charge on any atom is -0.361 e. The molecule has 0 aliphatic rings. The minimum absolute atomic E-state index is 0.0225. The summed E-state index contributed by atoms with van der Waals surface area (Å²) in [7, 11) is 0. The number of hydrogen-bond donors (Lipinski definition) is 3. The second-order valence-electron chi connectivity index (χ2n) is 5.37. The van der Waals surface area contributed by atoms with Crippen LogP contribution in [0.15, 0.2) is 24.3 Å². The lowest BCUT2D eigenvalue weighted by Gasteiger charge is -2.15. The van der Waals surface area contributed by atoms with Crippen LogP contribution in [0.4, 0.5) is 4.39 Å². The fourth-order valence-corrected chi connectivity index (χ4v) is 2.12. The van der Waals surface area contributed by atoms with Crippen molar-refractivity contribution in [1.29, 1.82) is 0 Å². The molecule has 0 spiro atoms. The third-order valence-corrected chi connectivity index (χ3v) is 3.57. The zero-order valence-corrected chi connectivity index (χ0v) is 13.9. The Kier molecular flexibility index (Phi) is 8.43. The van der Waals surface area contributed by atoms with Crippen LogP contribution in [0, 0.1) is 11.7 Å². The molecule has 0 aliphatic carbocycles. The molecule has 1 rings (SSSR count). The Labute approximate surface area is 136 Å². The van der Waals surface area contributed by atoms with Crippen LogP contribution < -0.4 is 16.2 Å². The molecule has 0 bridgehead atoms. The summed E-state index contributed by atoms with van der Waals surface area (Å²) in [6.45, 7) is 5.08. The Hall–Kier alpha value is -1.69. The number of thiocarbonyl (C=S) groups is 1. The van der Waals surface area contributed by atoms with E-state index in [0.717, 1.165) is 13.0 Å². The molecule has 1 aromatic rings. The first-order chi connectivity index (χ1) is 10.5. The molecule has 0 heterocycles. The Bertz CT molecular complexity index is 496. The predicted molar refractivity (Wildman–Crippen MR) is 90.9 cm³/mol. The van der Waals surface area contributed by atoms with E-state index in [-0.39, 0.29) is 5.56 Å². The zero-order valence-electron chi connectivity index (χ0n) is 13.1. The van der Waals surface area contributed by atoms with Crippen molar-refractivity contribution in [3.63, 3.8) is 0 Å². The molecule has 1 atom stereocenters. The minimum atomic E-state index is -0.565. The summed E-state index contributed by atoms with van der Waals surface area (Å²) in [6.07, 6.45) is 4.81. The van der Waals surface area contributed by atoms with Crippen molar-refractivity contribution < 1.29 is 9.18 Å². The molecule has 0 saturated heterocycles. The van der Waals surface area contributed by atoms with Gasteiger partial charge < -0.3 is 5.32 Å². The van der Waals surface area contributed by atoms with Crippen LogP contribution in [0.5, 0.6) is 0 Å². The number of carbonyl (C=O) groups is 1. The molecule has 1 amide bonds. The normalized spacial score (nSPS) is 11.6. The zero-order chi connectivity index (χ0) is 16.4. The maximum Gasteiger partial charge on any atom is 0.272 e. The Morgan fingerprint density at radius 1 is 1.27 bits per heavy atom. The molecule has 3 N–H and O–H groups in total. The Morgan fingerprint density at radius 3 is 2.68 bits per heavy atom.